The Bertz CT molecular complexity index is 656. The number of carboxylic acid groups (broad SMARTS) is 1. The van der Waals surface area contributed by atoms with Crippen LogP contribution in [-0.4, -0.2) is 41.4 Å². The summed E-state index contributed by atoms with van der Waals surface area (Å²) in [7, 11) is 1.82. The lowest BCUT2D eigenvalue weighted by molar-refractivity contribution is -0.133. The predicted molar refractivity (Wildman–Crippen MR) is 68.3 cm³/mol. The standard InChI is InChI=1S/C10H13N5O3S/c1-6-7(3-11-14(6)2)4-15-9(18)12-13-10(15)19-5-8(16)17/h3H,4-5H2,1-2H3,(H,12,18)(H,16,17). The molecule has 0 bridgehead atoms. The number of thioether (sulfide) groups is 1. The highest BCUT2D eigenvalue weighted by molar-refractivity contribution is 7.99. The molecule has 0 spiro atoms. The van der Waals surface area contributed by atoms with Crippen LogP contribution in [0.1, 0.15) is 11.3 Å². The molecule has 8 nitrogen and oxygen atoms in total. The fraction of sp³-hybridized carbons (Fsp3) is 0.400. The molecule has 0 amide bonds. The molecule has 2 aromatic rings. The van der Waals surface area contributed by atoms with Gasteiger partial charge in [-0.3, -0.25) is 14.0 Å². The lowest BCUT2D eigenvalue weighted by Crippen LogP contribution is -2.19. The number of hydrogen-bond donors (Lipinski definition) is 2. The molecule has 2 N–H and O–H groups in total. The van der Waals surface area contributed by atoms with E-state index in [1.165, 1.54) is 4.57 Å². The molecule has 19 heavy (non-hydrogen) atoms. The smallest absolute Gasteiger partial charge is 0.344 e. The van der Waals surface area contributed by atoms with Gasteiger partial charge in [0, 0.05) is 18.3 Å². The molecule has 0 aliphatic heterocycles. The van der Waals surface area contributed by atoms with Crippen LogP contribution in [-0.2, 0) is 18.4 Å². The molecular formula is C10H13N5O3S. The third-order valence-corrected chi connectivity index (χ3v) is 3.67. The summed E-state index contributed by atoms with van der Waals surface area (Å²) in [6.45, 7) is 2.22. The summed E-state index contributed by atoms with van der Waals surface area (Å²) in [5, 5.41) is 19.2. The first kappa shape index (κ1) is 13.4. The van der Waals surface area contributed by atoms with Crippen molar-refractivity contribution in [2.75, 3.05) is 5.75 Å². The lowest BCUT2D eigenvalue weighted by Gasteiger charge is -2.04. The summed E-state index contributed by atoms with van der Waals surface area (Å²) in [4.78, 5) is 22.2. The minimum Gasteiger partial charge on any atom is -0.481 e. The maximum absolute atomic E-state index is 11.7. The first-order valence-corrected chi connectivity index (χ1v) is 6.45. The summed E-state index contributed by atoms with van der Waals surface area (Å²) in [6, 6.07) is 0. The van der Waals surface area contributed by atoms with Gasteiger partial charge in [-0.25, -0.2) is 9.89 Å². The van der Waals surface area contributed by atoms with E-state index in [2.05, 4.69) is 15.3 Å². The Morgan fingerprint density at radius 1 is 1.58 bits per heavy atom. The average Bonchev–Trinajstić information content (AvgIpc) is 2.86. The zero-order chi connectivity index (χ0) is 14.0. The molecule has 0 unspecified atom stereocenters. The molecule has 0 saturated heterocycles. The molecule has 0 atom stereocenters. The minimum absolute atomic E-state index is 0.143. The summed E-state index contributed by atoms with van der Waals surface area (Å²) >= 11 is 1.00. The van der Waals surface area contributed by atoms with Gasteiger partial charge in [0.15, 0.2) is 5.16 Å². The van der Waals surface area contributed by atoms with Crippen molar-refractivity contribution >= 4 is 17.7 Å². The van der Waals surface area contributed by atoms with Crippen LogP contribution in [0.25, 0.3) is 0 Å². The molecule has 2 aromatic heterocycles. The van der Waals surface area contributed by atoms with Crippen molar-refractivity contribution in [3.8, 4) is 0 Å². The van der Waals surface area contributed by atoms with Crippen molar-refractivity contribution in [3.63, 3.8) is 0 Å². The molecule has 0 aliphatic carbocycles. The molecule has 0 saturated carbocycles. The highest BCUT2D eigenvalue weighted by atomic mass is 32.2. The van der Waals surface area contributed by atoms with Gasteiger partial charge in [0.1, 0.15) is 0 Å². The van der Waals surface area contributed by atoms with Crippen LogP contribution in [0.15, 0.2) is 16.1 Å². The molecule has 9 heteroatoms. The summed E-state index contributed by atoms with van der Waals surface area (Å²) in [5.74, 6) is -1.10. The third-order valence-electron chi connectivity index (χ3n) is 2.71. The minimum atomic E-state index is -0.954. The van der Waals surface area contributed by atoms with Crippen molar-refractivity contribution in [2.45, 2.75) is 18.6 Å². The van der Waals surface area contributed by atoms with Crippen LogP contribution in [0, 0.1) is 6.92 Å². The quantitative estimate of drug-likeness (QED) is 0.738. The highest BCUT2D eigenvalue weighted by Gasteiger charge is 2.13. The van der Waals surface area contributed by atoms with Gasteiger partial charge in [-0.2, -0.15) is 5.10 Å². The molecule has 2 heterocycles. The van der Waals surface area contributed by atoms with E-state index in [0.29, 0.717) is 11.7 Å². The van der Waals surface area contributed by atoms with Gasteiger partial charge in [0.2, 0.25) is 0 Å². The second-order valence-corrected chi connectivity index (χ2v) is 4.90. The van der Waals surface area contributed by atoms with Crippen LogP contribution in [0.3, 0.4) is 0 Å². The Labute approximate surface area is 112 Å². The number of carboxylic acids is 1. The molecule has 2 rings (SSSR count). The Morgan fingerprint density at radius 3 is 2.89 bits per heavy atom. The number of nitrogens with zero attached hydrogens (tertiary/aromatic N) is 4. The number of aromatic nitrogens is 5. The number of carbonyl (C=O) groups is 1. The highest BCUT2D eigenvalue weighted by Crippen LogP contribution is 2.15. The largest absolute Gasteiger partial charge is 0.481 e. The number of rotatable bonds is 5. The van der Waals surface area contributed by atoms with Crippen molar-refractivity contribution in [2.24, 2.45) is 7.05 Å². The monoisotopic (exact) mass is 283 g/mol. The summed E-state index contributed by atoms with van der Waals surface area (Å²) in [6.07, 6.45) is 1.68. The van der Waals surface area contributed by atoms with Crippen LogP contribution in [0.5, 0.6) is 0 Å². The van der Waals surface area contributed by atoms with Crippen molar-refractivity contribution in [1.82, 2.24) is 24.5 Å². The Kier molecular flexibility index (Phi) is 3.74. The number of aromatic amines is 1. The Morgan fingerprint density at radius 2 is 2.32 bits per heavy atom. The van der Waals surface area contributed by atoms with E-state index in [4.69, 9.17) is 5.11 Å². The van der Waals surface area contributed by atoms with E-state index in [-0.39, 0.29) is 11.4 Å². The lowest BCUT2D eigenvalue weighted by atomic mass is 10.2. The maximum atomic E-state index is 11.7. The van der Waals surface area contributed by atoms with Gasteiger partial charge in [-0.1, -0.05) is 11.8 Å². The summed E-state index contributed by atoms with van der Waals surface area (Å²) < 4.78 is 3.11. The van der Waals surface area contributed by atoms with Crippen LogP contribution < -0.4 is 5.69 Å². The number of aryl methyl sites for hydroxylation is 1. The fourth-order valence-electron chi connectivity index (χ4n) is 1.55. The second-order valence-electron chi connectivity index (χ2n) is 3.96. The molecular weight excluding hydrogens is 270 g/mol. The average molecular weight is 283 g/mol. The number of H-pyrrole nitrogens is 1. The zero-order valence-electron chi connectivity index (χ0n) is 10.5. The first-order valence-electron chi connectivity index (χ1n) is 5.46. The van der Waals surface area contributed by atoms with Crippen LogP contribution in [0.2, 0.25) is 0 Å². The molecule has 0 radical (unpaired) electrons. The van der Waals surface area contributed by atoms with Crippen LogP contribution >= 0.6 is 11.8 Å². The maximum Gasteiger partial charge on any atom is 0.344 e. The van der Waals surface area contributed by atoms with E-state index in [0.717, 1.165) is 23.0 Å². The van der Waals surface area contributed by atoms with Gasteiger partial charge in [0.25, 0.3) is 0 Å². The van der Waals surface area contributed by atoms with Crippen molar-refractivity contribution < 1.29 is 9.90 Å². The Hall–Kier alpha value is -2.03. The van der Waals surface area contributed by atoms with E-state index in [9.17, 15) is 9.59 Å². The molecule has 0 aliphatic rings. The van der Waals surface area contributed by atoms with E-state index in [1.807, 2.05) is 14.0 Å². The van der Waals surface area contributed by atoms with Crippen LogP contribution in [0.4, 0.5) is 0 Å². The van der Waals surface area contributed by atoms with E-state index >= 15 is 0 Å². The van der Waals surface area contributed by atoms with Gasteiger partial charge < -0.3 is 5.11 Å². The Balaban J connectivity index is 2.24. The number of hydrogen-bond acceptors (Lipinski definition) is 5. The predicted octanol–water partition coefficient (Wildman–Crippen LogP) is -0.162. The third kappa shape index (κ3) is 2.87. The number of nitrogens with one attached hydrogen (secondary N) is 1. The SMILES string of the molecule is Cc1c(Cn2c(SCC(=O)O)n[nH]c2=O)cnn1C. The molecule has 0 fully saturated rings. The van der Waals surface area contributed by atoms with Gasteiger partial charge in [-0.05, 0) is 6.92 Å². The number of aliphatic carboxylic acids is 1. The van der Waals surface area contributed by atoms with E-state index < -0.39 is 5.97 Å². The van der Waals surface area contributed by atoms with Gasteiger partial charge in [-0.15, -0.1) is 5.10 Å². The zero-order valence-corrected chi connectivity index (χ0v) is 11.3. The fourth-order valence-corrected chi connectivity index (χ4v) is 2.21. The molecule has 102 valence electrons. The van der Waals surface area contributed by atoms with Gasteiger partial charge >= 0.3 is 11.7 Å². The summed E-state index contributed by atoms with van der Waals surface area (Å²) in [5.41, 5.74) is 1.47. The van der Waals surface area contributed by atoms with E-state index in [1.54, 1.807) is 10.9 Å². The van der Waals surface area contributed by atoms with Crippen molar-refractivity contribution in [3.05, 3.63) is 27.9 Å². The normalized spacial score (nSPS) is 10.8. The van der Waals surface area contributed by atoms with Crippen molar-refractivity contribution in [1.29, 1.82) is 0 Å². The topological polar surface area (TPSA) is 106 Å². The first-order chi connectivity index (χ1) is 8.99. The van der Waals surface area contributed by atoms with Gasteiger partial charge in [0.05, 0.1) is 18.5 Å². The molecule has 0 aromatic carbocycles. The second kappa shape index (κ2) is 5.31.